The van der Waals surface area contributed by atoms with E-state index < -0.39 is 11.0 Å². The number of nitrogens with zero attached hydrogens (tertiary/aromatic N) is 1. The summed E-state index contributed by atoms with van der Waals surface area (Å²) >= 11 is 0. The van der Waals surface area contributed by atoms with Crippen LogP contribution in [0.5, 0.6) is 11.5 Å². The molecule has 38 heavy (non-hydrogen) atoms. The highest BCUT2D eigenvalue weighted by Crippen LogP contribution is 2.52. The van der Waals surface area contributed by atoms with Crippen molar-refractivity contribution in [2.45, 2.75) is 62.5 Å². The van der Waals surface area contributed by atoms with Crippen molar-refractivity contribution in [1.82, 2.24) is 10.2 Å². The van der Waals surface area contributed by atoms with E-state index in [9.17, 15) is 14.7 Å². The van der Waals surface area contributed by atoms with Gasteiger partial charge in [-0.1, -0.05) is 24.3 Å². The molecular formula is C31H38N2O5. The van der Waals surface area contributed by atoms with E-state index in [4.69, 9.17) is 9.47 Å². The van der Waals surface area contributed by atoms with E-state index in [1.165, 1.54) is 19.8 Å². The van der Waals surface area contributed by atoms with Crippen molar-refractivity contribution in [3.05, 3.63) is 65.7 Å². The largest absolute Gasteiger partial charge is 0.497 e. The molecule has 3 fully saturated rings. The highest BCUT2D eigenvalue weighted by molar-refractivity contribution is 5.92. The molecule has 0 bridgehead atoms. The quantitative estimate of drug-likeness (QED) is 0.311. The predicted molar refractivity (Wildman–Crippen MR) is 146 cm³/mol. The van der Waals surface area contributed by atoms with Crippen LogP contribution in [0.2, 0.25) is 0 Å². The van der Waals surface area contributed by atoms with Gasteiger partial charge in [0, 0.05) is 37.5 Å². The van der Waals surface area contributed by atoms with Gasteiger partial charge in [-0.3, -0.25) is 9.59 Å². The van der Waals surface area contributed by atoms with Gasteiger partial charge in [0.05, 0.1) is 12.7 Å². The summed E-state index contributed by atoms with van der Waals surface area (Å²) in [6.07, 6.45) is 8.61. The Morgan fingerprint density at radius 2 is 1.89 bits per heavy atom. The number of fused-ring (bicyclic) bond motifs is 1. The summed E-state index contributed by atoms with van der Waals surface area (Å²) in [6, 6.07) is 15.1. The summed E-state index contributed by atoms with van der Waals surface area (Å²) in [6.45, 7) is 3.95. The molecule has 0 aromatic heterocycles. The van der Waals surface area contributed by atoms with Gasteiger partial charge in [-0.2, -0.15) is 0 Å². The fraction of sp³-hybridized carbons (Fsp3) is 0.484. The van der Waals surface area contributed by atoms with Gasteiger partial charge in [0.25, 0.3) is 0 Å². The first-order chi connectivity index (χ1) is 18.3. The van der Waals surface area contributed by atoms with Gasteiger partial charge in [-0.05, 0) is 92.5 Å². The summed E-state index contributed by atoms with van der Waals surface area (Å²) in [7, 11) is 1.62. The van der Waals surface area contributed by atoms with Crippen molar-refractivity contribution in [3.8, 4) is 11.5 Å². The Balaban J connectivity index is 1.36. The molecule has 0 spiro atoms. The molecular weight excluding hydrogens is 480 g/mol. The van der Waals surface area contributed by atoms with Gasteiger partial charge >= 0.3 is 5.97 Å². The van der Waals surface area contributed by atoms with Crippen molar-refractivity contribution in [3.63, 3.8) is 0 Å². The maximum atomic E-state index is 12.9. The number of hydrogen-bond donors (Lipinski definition) is 2. The van der Waals surface area contributed by atoms with Crippen molar-refractivity contribution < 1.29 is 24.2 Å². The maximum Gasteiger partial charge on any atom is 0.308 e. The van der Waals surface area contributed by atoms with Gasteiger partial charge in [-0.15, -0.1) is 0 Å². The standard InChI is InChI=1S/C31H38N2O5/c1-22(34)38-28-8-4-6-25(18-28)30-15-16-33(20-24-9-10-24)21-31(30,36)14-13-26(19-30)32-29(35)12-11-23-5-3-7-27(17-23)37-2/h3-8,11-12,17-18,24,26,36H,9-10,13-16,19-21H2,1-2H3,(H,32,35)/b12-11+. The topological polar surface area (TPSA) is 88.1 Å². The average Bonchev–Trinajstić information content (AvgIpc) is 3.71. The van der Waals surface area contributed by atoms with Gasteiger partial charge in [0.1, 0.15) is 11.5 Å². The van der Waals surface area contributed by atoms with Crippen LogP contribution in [0.15, 0.2) is 54.6 Å². The number of esters is 1. The number of carbonyl (C=O) groups is 2. The van der Waals surface area contributed by atoms with Crippen LogP contribution in [0.4, 0.5) is 0 Å². The van der Waals surface area contributed by atoms with Crippen LogP contribution in [0.3, 0.4) is 0 Å². The van der Waals surface area contributed by atoms with Crippen LogP contribution in [-0.2, 0) is 15.0 Å². The number of ether oxygens (including phenoxy) is 2. The van der Waals surface area contributed by atoms with E-state index in [0.29, 0.717) is 31.6 Å². The van der Waals surface area contributed by atoms with E-state index in [0.717, 1.165) is 42.3 Å². The number of aliphatic hydroxyl groups is 1. The molecule has 1 aliphatic heterocycles. The molecule has 7 nitrogen and oxygen atoms in total. The van der Waals surface area contributed by atoms with Crippen LogP contribution in [0.1, 0.15) is 56.6 Å². The maximum absolute atomic E-state index is 12.9. The number of nitrogens with one attached hydrogen (secondary N) is 1. The molecule has 2 aromatic rings. The predicted octanol–water partition coefficient (Wildman–Crippen LogP) is 4.09. The average molecular weight is 519 g/mol. The number of piperidine rings is 1. The van der Waals surface area contributed by atoms with Gasteiger partial charge in [0.2, 0.25) is 5.91 Å². The lowest BCUT2D eigenvalue weighted by atomic mass is 9.55. The van der Waals surface area contributed by atoms with E-state index in [-0.39, 0.29) is 17.9 Å². The summed E-state index contributed by atoms with van der Waals surface area (Å²) in [4.78, 5) is 27.0. The Kier molecular flexibility index (Phi) is 7.59. The first-order valence-corrected chi connectivity index (χ1v) is 13.6. The van der Waals surface area contributed by atoms with E-state index in [1.807, 2.05) is 42.5 Å². The molecule has 3 atom stereocenters. The Hall–Kier alpha value is -3.16. The molecule has 202 valence electrons. The smallest absolute Gasteiger partial charge is 0.308 e. The summed E-state index contributed by atoms with van der Waals surface area (Å²) in [5.41, 5.74) is 0.387. The number of benzene rings is 2. The van der Waals surface area contributed by atoms with Gasteiger partial charge < -0.3 is 24.8 Å². The molecule has 7 heteroatoms. The molecule has 5 rings (SSSR count). The third kappa shape index (κ3) is 5.79. The van der Waals surface area contributed by atoms with Gasteiger partial charge in [-0.25, -0.2) is 0 Å². The summed E-state index contributed by atoms with van der Waals surface area (Å²) in [5.74, 6) is 1.46. The fourth-order valence-corrected chi connectivity index (χ4v) is 6.39. The zero-order valence-electron chi connectivity index (χ0n) is 22.3. The fourth-order valence-electron chi connectivity index (χ4n) is 6.39. The van der Waals surface area contributed by atoms with Crippen LogP contribution in [0, 0.1) is 5.92 Å². The van der Waals surface area contributed by atoms with Crippen molar-refractivity contribution in [2.24, 2.45) is 5.92 Å². The zero-order chi connectivity index (χ0) is 26.8. The first kappa shape index (κ1) is 26.4. The molecule has 3 aliphatic rings. The van der Waals surface area contributed by atoms with Crippen molar-refractivity contribution >= 4 is 18.0 Å². The molecule has 1 saturated heterocycles. The van der Waals surface area contributed by atoms with Gasteiger partial charge in [0.15, 0.2) is 0 Å². The Labute approximate surface area is 224 Å². The molecule has 2 saturated carbocycles. The molecule has 2 aromatic carbocycles. The Bertz CT molecular complexity index is 1210. The van der Waals surface area contributed by atoms with E-state index in [1.54, 1.807) is 25.3 Å². The molecule has 1 heterocycles. The van der Waals surface area contributed by atoms with E-state index >= 15 is 0 Å². The number of hydrogen-bond acceptors (Lipinski definition) is 6. The second-order valence-electron chi connectivity index (χ2n) is 11.2. The van der Waals surface area contributed by atoms with Crippen LogP contribution >= 0.6 is 0 Å². The second kappa shape index (κ2) is 10.9. The molecule has 2 aliphatic carbocycles. The van der Waals surface area contributed by atoms with E-state index in [2.05, 4.69) is 10.2 Å². The Morgan fingerprint density at radius 3 is 2.66 bits per heavy atom. The monoisotopic (exact) mass is 518 g/mol. The number of amides is 1. The van der Waals surface area contributed by atoms with Crippen LogP contribution in [-0.4, -0.2) is 60.3 Å². The normalized spacial score (nSPS) is 27.5. The summed E-state index contributed by atoms with van der Waals surface area (Å²) < 4.78 is 10.7. The number of rotatable bonds is 8. The molecule has 3 unspecified atom stereocenters. The first-order valence-electron chi connectivity index (χ1n) is 13.6. The molecule has 0 radical (unpaired) electrons. The zero-order valence-corrected chi connectivity index (χ0v) is 22.3. The van der Waals surface area contributed by atoms with Crippen molar-refractivity contribution in [2.75, 3.05) is 26.7 Å². The van der Waals surface area contributed by atoms with Crippen LogP contribution < -0.4 is 14.8 Å². The lowest BCUT2D eigenvalue weighted by Gasteiger charge is -2.58. The third-order valence-electron chi connectivity index (χ3n) is 8.46. The minimum atomic E-state index is -0.924. The number of likely N-dealkylation sites (tertiary alicyclic amines) is 1. The number of carbonyl (C=O) groups excluding carboxylic acids is 2. The highest BCUT2D eigenvalue weighted by atomic mass is 16.5. The van der Waals surface area contributed by atoms with Crippen LogP contribution in [0.25, 0.3) is 6.08 Å². The Morgan fingerprint density at radius 1 is 1.11 bits per heavy atom. The number of methoxy groups -OCH3 is 1. The minimum absolute atomic E-state index is 0.0786. The number of β-amino-alcohol motifs (C(OH)–C–C–N with tert-alkyl or cyclic N) is 1. The molecule has 2 N–H and O–H groups in total. The lowest BCUT2D eigenvalue weighted by molar-refractivity contribution is -0.133. The lowest BCUT2D eigenvalue weighted by Crippen LogP contribution is -2.67. The molecule has 1 amide bonds. The van der Waals surface area contributed by atoms with Crippen molar-refractivity contribution in [1.29, 1.82) is 0 Å². The highest BCUT2D eigenvalue weighted by Gasteiger charge is 2.57. The minimum Gasteiger partial charge on any atom is -0.497 e. The third-order valence-corrected chi connectivity index (χ3v) is 8.46. The SMILES string of the molecule is COc1cccc(/C=C/C(=O)NC2CCC3(O)CN(CC4CC4)CCC3(c3cccc(OC(C)=O)c3)C2)c1. The second-order valence-corrected chi connectivity index (χ2v) is 11.2. The summed E-state index contributed by atoms with van der Waals surface area (Å²) in [5, 5.41) is 15.4.